The number of ether oxygens (including phenoxy) is 1. The highest BCUT2D eigenvalue weighted by atomic mass is 32.1. The molecular weight excluding hydrogens is 304 g/mol. The molecule has 136 valence electrons. The number of hydrogen-bond donors (Lipinski definition) is 1. The van der Waals surface area contributed by atoms with Crippen molar-refractivity contribution in [2.24, 2.45) is 0 Å². The maximum atomic E-state index is 11.4. The van der Waals surface area contributed by atoms with Gasteiger partial charge in [-0.3, -0.25) is 4.79 Å². The molecule has 0 bridgehead atoms. The van der Waals surface area contributed by atoms with Gasteiger partial charge in [-0.25, -0.2) is 0 Å². The molecule has 0 aromatic heterocycles. The lowest BCUT2D eigenvalue weighted by Gasteiger charge is -2.08. The summed E-state index contributed by atoms with van der Waals surface area (Å²) < 4.78 is 4.95. The summed E-state index contributed by atoms with van der Waals surface area (Å²) in [5, 5.41) is -0.243. The summed E-state index contributed by atoms with van der Waals surface area (Å²) in [7, 11) is 0. The molecule has 0 fully saturated rings. The van der Waals surface area contributed by atoms with Crippen LogP contribution in [0.1, 0.15) is 97.3 Å². The molecule has 0 saturated heterocycles. The zero-order chi connectivity index (χ0) is 17.2. The maximum absolute atomic E-state index is 11.4. The summed E-state index contributed by atoms with van der Waals surface area (Å²) >= 11 is 4.29. The molecule has 0 radical (unpaired) electrons. The van der Waals surface area contributed by atoms with Gasteiger partial charge < -0.3 is 4.74 Å². The van der Waals surface area contributed by atoms with Gasteiger partial charge in [0.15, 0.2) is 0 Å². The molecule has 0 aliphatic heterocycles. The van der Waals surface area contributed by atoms with Crippen molar-refractivity contribution in [1.29, 1.82) is 0 Å². The average Bonchev–Trinajstić information content (AvgIpc) is 2.55. The predicted molar refractivity (Wildman–Crippen MR) is 104 cm³/mol. The number of rotatable bonds is 16. The molecule has 0 saturated carbocycles. The summed E-state index contributed by atoms with van der Waals surface area (Å²) in [5.41, 5.74) is 0. The second-order valence-corrected chi connectivity index (χ2v) is 6.91. The van der Waals surface area contributed by atoms with Crippen molar-refractivity contribution in [2.45, 2.75) is 103 Å². The summed E-state index contributed by atoms with van der Waals surface area (Å²) in [5.74, 6) is -0.173. The van der Waals surface area contributed by atoms with Crippen molar-refractivity contribution in [1.82, 2.24) is 0 Å². The first-order valence-electron chi connectivity index (χ1n) is 9.72. The van der Waals surface area contributed by atoms with Gasteiger partial charge in [-0.05, 0) is 39.0 Å². The van der Waals surface area contributed by atoms with Crippen molar-refractivity contribution >= 4 is 18.6 Å². The highest BCUT2D eigenvalue weighted by Gasteiger charge is 2.13. The SMILES string of the molecule is CCCCCCCC/C=C\CCCCCCC(S)C(=O)OCC. The standard InChI is InChI=1S/C20H38O2S/c1-3-5-6-7-8-9-10-11-12-13-14-15-16-17-18-19(23)20(21)22-4-2/h11-12,19,23H,3-10,13-18H2,1-2H3/b12-11-. The van der Waals surface area contributed by atoms with E-state index in [1.807, 2.05) is 6.92 Å². The molecule has 0 aliphatic carbocycles. The Balaban J connectivity index is 3.26. The zero-order valence-electron chi connectivity index (χ0n) is 15.4. The van der Waals surface area contributed by atoms with Crippen molar-refractivity contribution in [3.05, 3.63) is 12.2 Å². The van der Waals surface area contributed by atoms with E-state index in [0.717, 1.165) is 12.8 Å². The number of carbonyl (C=O) groups is 1. The van der Waals surface area contributed by atoms with Crippen LogP contribution in [0.25, 0.3) is 0 Å². The molecule has 0 aromatic rings. The van der Waals surface area contributed by atoms with E-state index in [9.17, 15) is 4.79 Å². The largest absolute Gasteiger partial charge is 0.465 e. The molecule has 1 unspecified atom stereocenters. The van der Waals surface area contributed by atoms with E-state index in [0.29, 0.717) is 6.61 Å². The van der Waals surface area contributed by atoms with Gasteiger partial charge in [0.05, 0.1) is 11.9 Å². The van der Waals surface area contributed by atoms with Crippen LogP contribution in [0, 0.1) is 0 Å². The Morgan fingerprint density at radius 2 is 1.39 bits per heavy atom. The third-order valence-corrected chi connectivity index (χ3v) is 4.52. The van der Waals surface area contributed by atoms with Gasteiger partial charge in [0.25, 0.3) is 0 Å². The smallest absolute Gasteiger partial charge is 0.318 e. The van der Waals surface area contributed by atoms with Crippen LogP contribution in [0.3, 0.4) is 0 Å². The molecule has 23 heavy (non-hydrogen) atoms. The van der Waals surface area contributed by atoms with Crippen LogP contribution in [0.4, 0.5) is 0 Å². The molecule has 0 aliphatic rings. The van der Waals surface area contributed by atoms with Gasteiger partial charge in [-0.15, -0.1) is 0 Å². The highest BCUT2D eigenvalue weighted by Crippen LogP contribution is 2.13. The van der Waals surface area contributed by atoms with Crippen LogP contribution in [0.2, 0.25) is 0 Å². The first-order chi connectivity index (χ1) is 11.2. The minimum Gasteiger partial charge on any atom is -0.465 e. The molecule has 2 nitrogen and oxygen atoms in total. The van der Waals surface area contributed by atoms with Crippen LogP contribution in [0.5, 0.6) is 0 Å². The van der Waals surface area contributed by atoms with Crippen molar-refractivity contribution in [3.63, 3.8) is 0 Å². The Hall–Kier alpha value is -0.440. The normalized spacial score (nSPS) is 12.7. The first-order valence-corrected chi connectivity index (χ1v) is 10.2. The molecule has 3 heteroatoms. The van der Waals surface area contributed by atoms with E-state index < -0.39 is 0 Å². The van der Waals surface area contributed by atoms with E-state index in [1.165, 1.54) is 70.6 Å². The van der Waals surface area contributed by atoms with E-state index in [2.05, 4.69) is 31.7 Å². The monoisotopic (exact) mass is 342 g/mol. The van der Waals surface area contributed by atoms with Crippen LogP contribution >= 0.6 is 12.6 Å². The number of hydrogen-bond acceptors (Lipinski definition) is 3. The van der Waals surface area contributed by atoms with Gasteiger partial charge in [0.1, 0.15) is 0 Å². The summed E-state index contributed by atoms with van der Waals surface area (Å²) in [4.78, 5) is 11.4. The van der Waals surface area contributed by atoms with Crippen LogP contribution < -0.4 is 0 Å². The summed E-state index contributed by atoms with van der Waals surface area (Å²) in [6, 6.07) is 0. The summed E-state index contributed by atoms with van der Waals surface area (Å²) in [6.45, 7) is 4.54. The van der Waals surface area contributed by atoms with Gasteiger partial charge >= 0.3 is 5.97 Å². The first kappa shape index (κ1) is 22.6. The van der Waals surface area contributed by atoms with Crippen molar-refractivity contribution in [3.8, 4) is 0 Å². The Morgan fingerprint density at radius 3 is 1.96 bits per heavy atom. The lowest BCUT2D eigenvalue weighted by Crippen LogP contribution is -2.17. The number of thiol groups is 1. The Labute approximate surface area is 149 Å². The van der Waals surface area contributed by atoms with E-state index in [4.69, 9.17) is 4.74 Å². The van der Waals surface area contributed by atoms with Gasteiger partial charge in [-0.1, -0.05) is 70.4 Å². The number of esters is 1. The molecule has 0 heterocycles. The molecular formula is C20H38O2S. The molecule has 1 atom stereocenters. The van der Waals surface area contributed by atoms with Gasteiger partial charge in [0.2, 0.25) is 0 Å². The predicted octanol–water partition coefficient (Wildman–Crippen LogP) is 6.50. The molecule has 0 rings (SSSR count). The third-order valence-electron chi connectivity index (χ3n) is 4.05. The molecule has 0 spiro atoms. The highest BCUT2D eigenvalue weighted by molar-refractivity contribution is 7.81. The zero-order valence-corrected chi connectivity index (χ0v) is 16.3. The minimum absolute atomic E-state index is 0.173. The quantitative estimate of drug-likeness (QED) is 0.150. The second-order valence-electron chi connectivity index (χ2n) is 6.29. The number of unbranched alkanes of at least 4 members (excludes halogenated alkanes) is 10. The fourth-order valence-electron chi connectivity index (χ4n) is 2.59. The lowest BCUT2D eigenvalue weighted by atomic mass is 10.1. The topological polar surface area (TPSA) is 26.3 Å². The van der Waals surface area contributed by atoms with Crippen LogP contribution in [0.15, 0.2) is 12.2 Å². The average molecular weight is 343 g/mol. The Bertz CT molecular complexity index is 289. The van der Waals surface area contributed by atoms with Gasteiger partial charge in [-0.2, -0.15) is 12.6 Å². The fourth-order valence-corrected chi connectivity index (χ4v) is 2.85. The maximum Gasteiger partial charge on any atom is 0.318 e. The Kier molecular flexibility index (Phi) is 17.6. The minimum atomic E-state index is -0.243. The fraction of sp³-hybridized carbons (Fsp3) is 0.850. The Morgan fingerprint density at radius 1 is 0.870 bits per heavy atom. The third kappa shape index (κ3) is 16.2. The summed E-state index contributed by atoms with van der Waals surface area (Å²) in [6.07, 6.45) is 21.0. The van der Waals surface area contributed by atoms with Crippen LogP contribution in [-0.2, 0) is 9.53 Å². The van der Waals surface area contributed by atoms with E-state index >= 15 is 0 Å². The molecule has 0 N–H and O–H groups in total. The van der Waals surface area contributed by atoms with Crippen molar-refractivity contribution in [2.75, 3.05) is 6.61 Å². The van der Waals surface area contributed by atoms with Crippen LogP contribution in [-0.4, -0.2) is 17.8 Å². The van der Waals surface area contributed by atoms with Crippen molar-refractivity contribution < 1.29 is 9.53 Å². The van der Waals surface area contributed by atoms with E-state index in [-0.39, 0.29) is 11.2 Å². The van der Waals surface area contributed by atoms with Gasteiger partial charge in [0, 0.05) is 0 Å². The lowest BCUT2D eigenvalue weighted by molar-refractivity contribution is -0.142. The molecule has 0 amide bonds. The van der Waals surface area contributed by atoms with E-state index in [1.54, 1.807) is 0 Å². The second kappa shape index (κ2) is 17.9. The number of allylic oxidation sites excluding steroid dienone is 2. The number of carbonyl (C=O) groups excluding carboxylic acids is 1. The molecule has 0 aromatic carbocycles.